The van der Waals surface area contributed by atoms with Gasteiger partial charge in [0.05, 0.1) is 37.4 Å². The van der Waals surface area contributed by atoms with Crippen LogP contribution in [0.4, 0.5) is 15.1 Å². The molecule has 3 aliphatic heterocycles. The second-order valence-electron chi connectivity index (χ2n) is 11.7. The number of aliphatic carboxylic acids is 1. The van der Waals surface area contributed by atoms with Crippen molar-refractivity contribution in [2.45, 2.75) is 25.6 Å². The van der Waals surface area contributed by atoms with Crippen molar-refractivity contribution < 1.29 is 28.6 Å². The number of carbonyl (C=O) groups excluding carboxylic acids is 2. The van der Waals surface area contributed by atoms with E-state index in [4.69, 9.17) is 21.3 Å². The lowest BCUT2D eigenvalue weighted by Crippen LogP contribution is -2.53. The van der Waals surface area contributed by atoms with Gasteiger partial charge in [-0.1, -0.05) is 36.4 Å². The summed E-state index contributed by atoms with van der Waals surface area (Å²) >= 11 is 7.86. The van der Waals surface area contributed by atoms with Crippen LogP contribution in [-0.4, -0.2) is 104 Å². The Morgan fingerprint density at radius 1 is 1.24 bits per heavy atom. The van der Waals surface area contributed by atoms with Crippen molar-refractivity contribution in [2.24, 2.45) is 4.99 Å². The number of rotatable bonds is 11. The van der Waals surface area contributed by atoms with Crippen LogP contribution in [0.15, 0.2) is 88.3 Å². The lowest BCUT2D eigenvalue weighted by atomic mass is 9.95. The van der Waals surface area contributed by atoms with E-state index >= 15 is 0 Å². The van der Waals surface area contributed by atoms with Gasteiger partial charge in [0.1, 0.15) is 18.2 Å². The number of nitrogens with zero attached hydrogens (tertiary/aromatic N) is 8. The zero-order valence-corrected chi connectivity index (χ0v) is 28.7. The number of aliphatic imine (C=N–C) groups is 1. The van der Waals surface area contributed by atoms with Gasteiger partial charge < -0.3 is 20.1 Å². The van der Waals surface area contributed by atoms with Crippen molar-refractivity contribution in [3.8, 4) is 0 Å². The number of nitrogens with one attached hydrogen (secondary N) is 1. The van der Waals surface area contributed by atoms with Gasteiger partial charge in [-0.2, -0.15) is 4.98 Å². The Bertz CT molecular complexity index is 1960. The monoisotopic (exact) mass is 721 g/mol. The number of hydrogen-bond donors (Lipinski definition) is 2. The summed E-state index contributed by atoms with van der Waals surface area (Å²) in [7, 11) is 1.29. The molecule has 1 unspecified atom stereocenters. The molecule has 2 fully saturated rings. The number of allylic oxidation sites excluding steroid dienone is 3. The number of esters is 1. The van der Waals surface area contributed by atoms with Gasteiger partial charge in [-0.25, -0.2) is 28.4 Å². The minimum absolute atomic E-state index is 0.121. The Morgan fingerprint density at radius 2 is 2.06 bits per heavy atom. The van der Waals surface area contributed by atoms with Crippen molar-refractivity contribution in [3.63, 3.8) is 0 Å². The average molecular weight is 722 g/mol. The van der Waals surface area contributed by atoms with E-state index in [9.17, 15) is 23.9 Å². The van der Waals surface area contributed by atoms with Gasteiger partial charge in [-0.3, -0.25) is 14.8 Å². The molecule has 0 spiro atoms. The van der Waals surface area contributed by atoms with Gasteiger partial charge in [-0.05, 0) is 30.7 Å². The van der Waals surface area contributed by atoms with Crippen LogP contribution in [0.2, 0.25) is 5.02 Å². The normalized spacial score (nSPS) is 19.9. The lowest BCUT2D eigenvalue weighted by molar-refractivity contribution is -0.136. The van der Waals surface area contributed by atoms with E-state index in [-0.39, 0.29) is 40.7 Å². The smallest absolute Gasteiger partial charge is 0.338 e. The number of fused-ring (bicyclic) bond motifs is 1. The summed E-state index contributed by atoms with van der Waals surface area (Å²) in [5.74, 6) is -1.46. The topological polar surface area (TPSA) is 158 Å². The standard InChI is InChI=1S/C33H33ClFN9O5S/c1-4-20(30(45)46)6-5-19(2)14-42-18-37-32(40-42)44-16-22-15-41(10-11-43(22)33(44)48)17-25-26(31(47)49-3)27(23-8-7-21(35)13-24(23)34)39-28(38-25)29-36-9-12-50-29/h4-9,12-13,18,22,27H,2,10-11,14-17H2,1,3H3,(H,38,39)(H,45,46)/b6-5-,20-4+/t22-,27?/m0/s1. The maximum Gasteiger partial charge on any atom is 0.338 e. The second kappa shape index (κ2) is 14.7. The molecule has 2 N–H and O–H groups in total. The maximum absolute atomic E-state index is 14.0. The van der Waals surface area contributed by atoms with Crippen molar-refractivity contribution in [1.29, 1.82) is 0 Å². The molecule has 14 nitrogen and oxygen atoms in total. The molecule has 2 atom stereocenters. The molecule has 6 rings (SSSR count). The molecule has 2 amide bonds. The molecule has 2 saturated heterocycles. The van der Waals surface area contributed by atoms with Crippen LogP contribution in [0.25, 0.3) is 0 Å². The van der Waals surface area contributed by atoms with Crippen LogP contribution < -0.4 is 10.2 Å². The first kappa shape index (κ1) is 34.7. The number of thiazole rings is 1. The molecule has 17 heteroatoms. The van der Waals surface area contributed by atoms with Gasteiger partial charge in [0.2, 0.25) is 0 Å². The molecule has 5 heterocycles. The number of hydrogen-bond acceptors (Lipinski definition) is 11. The number of methoxy groups -OCH3 is 1. The van der Waals surface area contributed by atoms with Crippen LogP contribution in [0.1, 0.15) is 23.5 Å². The number of carboxylic acids is 1. The number of urea groups is 1. The van der Waals surface area contributed by atoms with E-state index in [1.807, 2.05) is 5.38 Å². The van der Waals surface area contributed by atoms with Crippen molar-refractivity contribution >= 4 is 52.7 Å². The highest BCUT2D eigenvalue weighted by Crippen LogP contribution is 2.37. The molecule has 0 bridgehead atoms. The van der Waals surface area contributed by atoms with Gasteiger partial charge >= 0.3 is 18.0 Å². The van der Waals surface area contributed by atoms with Crippen molar-refractivity contribution in [3.05, 3.63) is 105 Å². The highest BCUT2D eigenvalue weighted by molar-refractivity contribution is 7.11. The molecule has 3 aliphatic rings. The summed E-state index contributed by atoms with van der Waals surface area (Å²) in [5, 5.41) is 19.5. The average Bonchev–Trinajstić information content (AvgIpc) is 3.85. The number of carbonyl (C=O) groups is 3. The predicted octanol–water partition coefficient (Wildman–Crippen LogP) is 3.82. The van der Waals surface area contributed by atoms with Gasteiger partial charge in [0.25, 0.3) is 5.95 Å². The van der Waals surface area contributed by atoms with E-state index < -0.39 is 23.8 Å². The molecule has 0 saturated carbocycles. The molecule has 0 radical (unpaired) electrons. The minimum Gasteiger partial charge on any atom is -0.478 e. The Morgan fingerprint density at radius 3 is 2.76 bits per heavy atom. The molecule has 2 aromatic heterocycles. The zero-order valence-electron chi connectivity index (χ0n) is 27.1. The first-order chi connectivity index (χ1) is 24.1. The molecule has 50 heavy (non-hydrogen) atoms. The van der Waals surface area contributed by atoms with Crippen LogP contribution in [0.5, 0.6) is 0 Å². The third kappa shape index (κ3) is 7.22. The van der Waals surface area contributed by atoms with Gasteiger partial charge in [0.15, 0.2) is 10.8 Å². The number of benzene rings is 1. The lowest BCUT2D eigenvalue weighted by Gasteiger charge is -2.38. The highest BCUT2D eigenvalue weighted by atomic mass is 35.5. The van der Waals surface area contributed by atoms with Crippen LogP contribution >= 0.6 is 22.9 Å². The van der Waals surface area contributed by atoms with Gasteiger partial charge in [-0.15, -0.1) is 16.4 Å². The zero-order chi connectivity index (χ0) is 35.5. The SMILES string of the molecule is C=C(/C=C\C(=C/C)C(=O)O)Cn1cnc(N2C[C@@H]3CN(CC4=C(C(=O)OC)C(c5ccc(F)cc5Cl)N=C(c5nccs5)N4)CCN3C2=O)n1. The second-order valence-corrected chi connectivity index (χ2v) is 13.0. The number of amides is 2. The van der Waals surface area contributed by atoms with E-state index in [2.05, 4.69) is 31.9 Å². The fourth-order valence-corrected chi connectivity index (χ4v) is 6.88. The third-order valence-corrected chi connectivity index (χ3v) is 9.54. The molecule has 260 valence electrons. The number of carboxylic acid groups (broad SMARTS) is 1. The number of aromatic nitrogens is 4. The largest absolute Gasteiger partial charge is 0.478 e. The van der Waals surface area contributed by atoms with Crippen LogP contribution in [0.3, 0.4) is 0 Å². The summed E-state index contributed by atoms with van der Waals surface area (Å²) < 4.78 is 20.7. The summed E-state index contributed by atoms with van der Waals surface area (Å²) in [5.41, 5.74) is 1.96. The number of halogens is 2. The Labute approximate surface area is 295 Å². The first-order valence-corrected chi connectivity index (χ1v) is 16.8. The molecule has 1 aromatic carbocycles. The molecule has 3 aromatic rings. The van der Waals surface area contributed by atoms with E-state index in [1.54, 1.807) is 24.1 Å². The Balaban J connectivity index is 1.19. The molecular formula is C33H33ClFN9O5S. The van der Waals surface area contributed by atoms with Crippen molar-refractivity contribution in [2.75, 3.05) is 44.7 Å². The quantitative estimate of drug-likeness (QED) is 0.170. The van der Waals surface area contributed by atoms with Gasteiger partial charge in [0, 0.05) is 54.0 Å². The van der Waals surface area contributed by atoms with Crippen LogP contribution in [-0.2, 0) is 20.9 Å². The Hall–Kier alpha value is -5.19. The summed E-state index contributed by atoms with van der Waals surface area (Å²) in [4.78, 5) is 57.0. The first-order valence-electron chi connectivity index (χ1n) is 15.5. The predicted molar refractivity (Wildman–Crippen MR) is 184 cm³/mol. The third-order valence-electron chi connectivity index (χ3n) is 8.43. The fourth-order valence-electron chi connectivity index (χ4n) is 6.02. The van der Waals surface area contributed by atoms with E-state index in [0.717, 1.165) is 0 Å². The fraction of sp³-hybridized carbons (Fsp3) is 0.303. The Kier molecular flexibility index (Phi) is 10.2. The molecule has 0 aliphatic carbocycles. The van der Waals surface area contributed by atoms with E-state index in [0.29, 0.717) is 60.4 Å². The summed E-state index contributed by atoms with van der Waals surface area (Å²) in [6.45, 7) is 7.93. The van der Waals surface area contributed by atoms with Crippen molar-refractivity contribution in [1.82, 2.24) is 34.9 Å². The highest BCUT2D eigenvalue weighted by Gasteiger charge is 2.43. The summed E-state index contributed by atoms with van der Waals surface area (Å²) in [6, 6.07) is 2.69. The number of ether oxygens (including phenoxy) is 1. The van der Waals surface area contributed by atoms with Crippen LogP contribution in [0, 0.1) is 5.82 Å². The van der Waals surface area contributed by atoms with E-state index in [1.165, 1.54) is 64.7 Å². The molecular weight excluding hydrogens is 689 g/mol. The number of amidine groups is 1. The minimum atomic E-state index is -1.04. The number of anilines is 1. The maximum atomic E-state index is 14.0. The number of piperazine rings is 1. The summed E-state index contributed by atoms with van der Waals surface area (Å²) in [6.07, 6.45) is 7.71.